The first-order valence-electron chi connectivity index (χ1n) is 13.7. The van der Waals surface area contributed by atoms with Gasteiger partial charge in [-0.15, -0.1) is 0 Å². The van der Waals surface area contributed by atoms with Crippen molar-refractivity contribution in [3.8, 4) is 0 Å². The minimum absolute atomic E-state index is 0.0376. The molecule has 4 amide bonds. The molecule has 0 saturated heterocycles. The van der Waals surface area contributed by atoms with E-state index in [1.807, 2.05) is 5.48 Å². The zero-order valence-corrected chi connectivity index (χ0v) is 23.1. The molecule has 2 atom stereocenters. The van der Waals surface area contributed by atoms with Crippen molar-refractivity contribution < 1.29 is 39.6 Å². The summed E-state index contributed by atoms with van der Waals surface area (Å²) in [5.41, 5.74) is 13.3. The third-order valence-electron chi connectivity index (χ3n) is 6.29. The predicted octanol–water partition coefficient (Wildman–Crippen LogP) is 0.558. The van der Waals surface area contributed by atoms with Crippen molar-refractivity contribution in [2.75, 3.05) is 32.7 Å². The second-order valence-electron chi connectivity index (χ2n) is 9.56. The summed E-state index contributed by atoms with van der Waals surface area (Å²) < 4.78 is 0. The lowest BCUT2D eigenvalue weighted by molar-refractivity contribution is -0.172. The smallest absolute Gasteiger partial charge is 0.249 e. The molecule has 0 aromatic heterocycles. The van der Waals surface area contributed by atoms with Crippen molar-refractivity contribution >= 4 is 29.9 Å². The molecule has 2 unspecified atom stereocenters. The van der Waals surface area contributed by atoms with Gasteiger partial charge in [0, 0.05) is 51.9 Å². The van der Waals surface area contributed by atoms with Crippen molar-refractivity contribution in [1.29, 1.82) is 0 Å². The van der Waals surface area contributed by atoms with Crippen LogP contribution in [-0.4, -0.2) is 99.3 Å². The number of rotatable bonds is 23. The molecule has 0 aromatic carbocycles. The Labute approximate surface area is 230 Å². The molecule has 14 nitrogen and oxygen atoms in total. The van der Waals surface area contributed by atoms with Crippen LogP contribution in [0.15, 0.2) is 0 Å². The van der Waals surface area contributed by atoms with Gasteiger partial charge < -0.3 is 21.5 Å². The molecule has 0 bridgehead atoms. The van der Waals surface area contributed by atoms with Gasteiger partial charge in [-0.05, 0) is 45.1 Å². The normalized spacial score (nSPS) is 12.5. The summed E-state index contributed by atoms with van der Waals surface area (Å²) >= 11 is 0. The Bertz CT molecular complexity index is 741. The summed E-state index contributed by atoms with van der Waals surface area (Å²) in [7, 11) is 0. The van der Waals surface area contributed by atoms with E-state index in [2.05, 4.69) is 0 Å². The maximum Gasteiger partial charge on any atom is 0.249 e. The number of hydrogen-bond acceptors (Lipinski definition) is 11. The van der Waals surface area contributed by atoms with Gasteiger partial charge in [-0.3, -0.25) is 34.5 Å². The van der Waals surface area contributed by atoms with E-state index in [9.17, 15) is 34.4 Å². The van der Waals surface area contributed by atoms with Crippen LogP contribution in [0.3, 0.4) is 0 Å². The number of aldehydes is 1. The average Bonchev–Trinajstić information content (AvgIpc) is 2.91. The Morgan fingerprint density at radius 1 is 0.846 bits per heavy atom. The summed E-state index contributed by atoms with van der Waals surface area (Å²) in [6.45, 7) is 2.33. The summed E-state index contributed by atoms with van der Waals surface area (Å²) in [5.74, 6) is -3.37. The van der Waals surface area contributed by atoms with Crippen LogP contribution in [0, 0.1) is 5.92 Å². The van der Waals surface area contributed by atoms with E-state index in [4.69, 9.17) is 16.7 Å². The van der Waals surface area contributed by atoms with Gasteiger partial charge in [0.1, 0.15) is 6.29 Å². The molecule has 39 heavy (non-hydrogen) atoms. The lowest BCUT2D eigenvalue weighted by Gasteiger charge is -2.27. The van der Waals surface area contributed by atoms with Gasteiger partial charge in [0.25, 0.3) is 0 Å². The number of nitrogens with zero attached hydrogens (tertiary/aromatic N) is 3. The van der Waals surface area contributed by atoms with Gasteiger partial charge in [-0.2, -0.15) is 0 Å². The average molecular weight is 561 g/mol. The van der Waals surface area contributed by atoms with E-state index in [-0.39, 0.29) is 38.9 Å². The number of unbranched alkanes of at least 4 members (excludes halogenated alkanes) is 6. The molecule has 0 rings (SSSR count). The molecule has 14 heteroatoms. The van der Waals surface area contributed by atoms with E-state index in [1.165, 1.54) is 6.92 Å². The number of amides is 4. The Balaban J connectivity index is 5.44. The minimum atomic E-state index is -1.20. The van der Waals surface area contributed by atoms with Crippen molar-refractivity contribution in [2.45, 2.75) is 90.0 Å². The van der Waals surface area contributed by atoms with E-state index in [0.29, 0.717) is 74.4 Å². The highest BCUT2D eigenvalue weighted by Gasteiger charge is 2.31. The van der Waals surface area contributed by atoms with Crippen molar-refractivity contribution in [3.05, 3.63) is 0 Å². The third-order valence-corrected chi connectivity index (χ3v) is 6.29. The maximum absolute atomic E-state index is 13.3. The van der Waals surface area contributed by atoms with Crippen LogP contribution in [0.5, 0.6) is 0 Å². The molecule has 0 aliphatic carbocycles. The zero-order valence-electron chi connectivity index (χ0n) is 23.1. The molecule has 8 N–H and O–H groups in total. The largest absolute Gasteiger partial charge is 0.330 e. The Kier molecular flexibility index (Phi) is 20.9. The first kappa shape index (κ1) is 36.5. The van der Waals surface area contributed by atoms with E-state index in [1.54, 1.807) is 0 Å². The van der Waals surface area contributed by atoms with Gasteiger partial charge in [0.15, 0.2) is 0 Å². The molecule has 0 spiro atoms. The summed E-state index contributed by atoms with van der Waals surface area (Å²) in [4.78, 5) is 62.2. The molecule has 0 aliphatic heterocycles. The quantitative estimate of drug-likeness (QED) is 0.0438. The molecular weight excluding hydrogens is 512 g/mol. The van der Waals surface area contributed by atoms with Crippen LogP contribution in [0.4, 0.5) is 0 Å². The number of carbonyl (C=O) groups excluding carboxylic acids is 5. The highest BCUT2D eigenvalue weighted by Crippen LogP contribution is 2.20. The predicted molar refractivity (Wildman–Crippen MR) is 141 cm³/mol. The van der Waals surface area contributed by atoms with Gasteiger partial charge in [0.2, 0.25) is 23.6 Å². The molecule has 0 radical (unpaired) electrons. The molecule has 0 saturated carbocycles. The van der Waals surface area contributed by atoms with Crippen molar-refractivity contribution in [1.82, 2.24) is 20.5 Å². The minimum Gasteiger partial charge on any atom is -0.330 e. The SMILES string of the molecule is CC(=O)N(O)CCCCCC(CC(=O)N(CCCCCNO)C(=O)C(N)CC=O)C(=O)N(O)CCCCCN. The molecule has 0 aromatic rings. The number of hydroxylamine groups is 5. The first-order chi connectivity index (χ1) is 18.6. The first-order valence-corrected chi connectivity index (χ1v) is 13.7. The van der Waals surface area contributed by atoms with E-state index in [0.717, 1.165) is 17.7 Å². The highest BCUT2D eigenvalue weighted by atomic mass is 16.5. The Hall–Kier alpha value is -2.49. The fourth-order valence-electron chi connectivity index (χ4n) is 3.94. The maximum atomic E-state index is 13.3. The van der Waals surface area contributed by atoms with Crippen LogP contribution in [-0.2, 0) is 24.0 Å². The van der Waals surface area contributed by atoms with Crippen molar-refractivity contribution in [2.24, 2.45) is 17.4 Å². The zero-order chi connectivity index (χ0) is 29.6. The number of imide groups is 1. The second kappa shape index (κ2) is 22.3. The van der Waals surface area contributed by atoms with Crippen LogP contribution in [0.25, 0.3) is 0 Å². The van der Waals surface area contributed by atoms with Crippen LogP contribution in [0.1, 0.15) is 84.0 Å². The molecule has 0 aliphatic rings. The van der Waals surface area contributed by atoms with Gasteiger partial charge in [-0.1, -0.05) is 25.7 Å². The summed E-state index contributed by atoms with van der Waals surface area (Å²) in [6.07, 6.45) is 5.29. The lowest BCUT2D eigenvalue weighted by atomic mass is 9.95. The van der Waals surface area contributed by atoms with Crippen LogP contribution >= 0.6 is 0 Å². The topological polar surface area (TPSA) is 220 Å². The van der Waals surface area contributed by atoms with Gasteiger partial charge in [0.05, 0.1) is 6.04 Å². The van der Waals surface area contributed by atoms with Gasteiger partial charge >= 0.3 is 0 Å². The lowest BCUT2D eigenvalue weighted by Crippen LogP contribution is -2.48. The molecular formula is C25H48N6O8. The number of nitrogens with two attached hydrogens (primary N) is 2. The van der Waals surface area contributed by atoms with Crippen LogP contribution < -0.4 is 16.9 Å². The number of carbonyl (C=O) groups is 5. The van der Waals surface area contributed by atoms with Gasteiger partial charge in [-0.25, -0.2) is 15.6 Å². The van der Waals surface area contributed by atoms with E-state index < -0.39 is 35.6 Å². The van der Waals surface area contributed by atoms with Crippen LogP contribution in [0.2, 0.25) is 0 Å². The summed E-state index contributed by atoms with van der Waals surface area (Å²) in [6, 6.07) is -1.20. The van der Waals surface area contributed by atoms with Crippen molar-refractivity contribution in [3.63, 3.8) is 0 Å². The number of nitrogens with one attached hydrogen (secondary N) is 1. The highest BCUT2D eigenvalue weighted by molar-refractivity contribution is 5.99. The third kappa shape index (κ3) is 16.3. The Morgan fingerprint density at radius 2 is 1.44 bits per heavy atom. The number of hydrogen-bond donors (Lipinski definition) is 6. The Morgan fingerprint density at radius 3 is 2.03 bits per heavy atom. The van der Waals surface area contributed by atoms with E-state index >= 15 is 0 Å². The summed E-state index contributed by atoms with van der Waals surface area (Å²) in [5, 5.41) is 29.8. The molecule has 0 fully saturated rings. The molecule has 0 heterocycles. The molecule has 226 valence electrons. The second-order valence-corrected chi connectivity index (χ2v) is 9.56. The monoisotopic (exact) mass is 560 g/mol. The standard InChI is InChI=1S/C25H48N6O8/c1-20(33)30(38)16-9-2-5-11-21(24(35)31(39)17-10-3-6-13-26)19-23(34)29(15-8-4-7-14-28-37)25(36)22(27)12-18-32/h18,21-22,28,37-39H,2-17,19,26-27H2,1H3. The fraction of sp³-hybridized carbons (Fsp3) is 0.800. The fourth-order valence-corrected chi connectivity index (χ4v) is 3.94.